The van der Waals surface area contributed by atoms with Crippen molar-refractivity contribution in [1.29, 1.82) is 0 Å². The molecule has 4 nitrogen and oxygen atoms in total. The van der Waals surface area contributed by atoms with E-state index in [-0.39, 0.29) is 34.0 Å². The van der Waals surface area contributed by atoms with Crippen LogP contribution in [-0.2, 0) is 6.54 Å². The van der Waals surface area contributed by atoms with Crippen LogP contribution in [0.15, 0.2) is 55.0 Å². The molecule has 1 aliphatic heterocycles. The van der Waals surface area contributed by atoms with Crippen molar-refractivity contribution in [2.24, 2.45) is 0 Å². The van der Waals surface area contributed by atoms with Gasteiger partial charge in [-0.3, -0.25) is 0 Å². The molecule has 0 spiro atoms. The van der Waals surface area contributed by atoms with Gasteiger partial charge in [-0.25, -0.2) is 4.57 Å². The van der Waals surface area contributed by atoms with E-state index in [9.17, 15) is 5.11 Å². The summed E-state index contributed by atoms with van der Waals surface area (Å²) >= 11 is 0. The number of aromatic nitrogens is 3. The molecule has 1 atom stereocenters. The minimum atomic E-state index is -0.504. The average molecular weight is 399 g/mol. The highest BCUT2D eigenvalue weighted by atomic mass is 79.9. The highest BCUT2D eigenvalue weighted by Crippen LogP contribution is 2.19. The van der Waals surface area contributed by atoms with Crippen molar-refractivity contribution in [3.8, 4) is 11.5 Å². The van der Waals surface area contributed by atoms with Gasteiger partial charge >= 0.3 is 5.82 Å². The fraction of sp³-hybridized carbons (Fsp3) is 0.143. The van der Waals surface area contributed by atoms with Gasteiger partial charge in [0.25, 0.3) is 11.9 Å². The maximum absolute atomic E-state index is 10.2. The van der Waals surface area contributed by atoms with E-state index in [4.69, 9.17) is 0 Å². The molecular weight excluding hydrogens is 386 g/mol. The molecule has 4 rings (SSSR count). The molecular formula is C14H13Br2N3O. The zero-order valence-electron chi connectivity index (χ0n) is 10.5. The van der Waals surface area contributed by atoms with E-state index in [1.165, 1.54) is 0 Å². The summed E-state index contributed by atoms with van der Waals surface area (Å²) in [6.07, 6.45) is 5.55. The van der Waals surface area contributed by atoms with Crippen molar-refractivity contribution in [2.75, 3.05) is 0 Å². The lowest BCUT2D eigenvalue weighted by Crippen LogP contribution is -3.00. The molecule has 3 aromatic rings. The van der Waals surface area contributed by atoms with Gasteiger partial charge in [-0.1, -0.05) is 6.07 Å². The number of halogens is 2. The standard InChI is InChI=1S/C14H13N3O.2BrH/c18-13-10-15-9-11-5-1-3-7-16(11)14(15)12-6-2-4-8-17(12)13;;/h1-9,13,18H,10H2;2*1H/q+2;;/p-2. The molecule has 0 saturated heterocycles. The molecule has 3 aromatic heterocycles. The summed E-state index contributed by atoms with van der Waals surface area (Å²) in [5.74, 6) is 1.11. The number of imidazole rings is 1. The van der Waals surface area contributed by atoms with Crippen molar-refractivity contribution in [1.82, 2.24) is 4.40 Å². The number of aliphatic hydroxyl groups is 1. The molecule has 6 heteroatoms. The molecule has 104 valence electrons. The molecule has 1 unspecified atom stereocenters. The van der Waals surface area contributed by atoms with Gasteiger partial charge in [-0.15, -0.1) is 0 Å². The third-order valence-electron chi connectivity index (χ3n) is 3.48. The second-order valence-electron chi connectivity index (χ2n) is 4.57. The van der Waals surface area contributed by atoms with E-state index >= 15 is 0 Å². The molecule has 1 N–H and O–H groups in total. The van der Waals surface area contributed by atoms with E-state index < -0.39 is 6.23 Å². The number of aliphatic hydroxyl groups excluding tert-OH is 1. The summed E-state index contributed by atoms with van der Waals surface area (Å²) in [6, 6.07) is 12.1. The van der Waals surface area contributed by atoms with Crippen molar-refractivity contribution in [3.05, 3.63) is 55.0 Å². The molecule has 0 saturated carbocycles. The lowest BCUT2D eigenvalue weighted by atomic mass is 10.2. The largest absolute Gasteiger partial charge is 1.00 e. The number of hydrogen-bond acceptors (Lipinski definition) is 1. The topological polar surface area (TPSA) is 32.4 Å². The number of pyridine rings is 2. The summed E-state index contributed by atoms with van der Waals surface area (Å²) in [4.78, 5) is 0. The summed E-state index contributed by atoms with van der Waals surface area (Å²) in [6.45, 7) is 0.582. The Morgan fingerprint density at radius 1 is 1.10 bits per heavy atom. The van der Waals surface area contributed by atoms with Crippen molar-refractivity contribution in [3.63, 3.8) is 0 Å². The molecule has 1 aliphatic rings. The summed E-state index contributed by atoms with van der Waals surface area (Å²) in [5, 5.41) is 10.2. The van der Waals surface area contributed by atoms with Crippen LogP contribution in [-0.4, -0.2) is 9.51 Å². The van der Waals surface area contributed by atoms with Crippen LogP contribution in [0.4, 0.5) is 0 Å². The molecule has 0 radical (unpaired) electrons. The number of nitrogens with zero attached hydrogens (tertiary/aromatic N) is 3. The normalized spacial score (nSPS) is 15.8. The first kappa shape index (κ1) is 15.2. The third-order valence-corrected chi connectivity index (χ3v) is 3.48. The van der Waals surface area contributed by atoms with Crippen LogP contribution in [0.2, 0.25) is 0 Å². The maximum Gasteiger partial charge on any atom is 0.360 e. The van der Waals surface area contributed by atoms with Crippen LogP contribution in [0.1, 0.15) is 6.23 Å². The molecule has 4 heterocycles. The van der Waals surface area contributed by atoms with Gasteiger partial charge in [-0.05, 0) is 18.2 Å². The predicted octanol–water partition coefficient (Wildman–Crippen LogP) is -5.31. The summed E-state index contributed by atoms with van der Waals surface area (Å²) in [7, 11) is 0. The van der Waals surface area contributed by atoms with Gasteiger partial charge in [0.05, 0.1) is 6.20 Å². The average Bonchev–Trinajstić information content (AvgIpc) is 2.77. The zero-order chi connectivity index (χ0) is 12.1. The first-order valence-electron chi connectivity index (χ1n) is 6.03. The summed E-state index contributed by atoms with van der Waals surface area (Å²) in [5.41, 5.74) is 2.17. The highest BCUT2D eigenvalue weighted by molar-refractivity contribution is 5.53. The molecule has 0 amide bonds. The van der Waals surface area contributed by atoms with E-state index in [2.05, 4.69) is 27.4 Å². The van der Waals surface area contributed by atoms with Crippen LogP contribution >= 0.6 is 0 Å². The fourth-order valence-corrected chi connectivity index (χ4v) is 2.69. The molecule has 0 aromatic carbocycles. The Bertz CT molecular complexity index is 757. The Kier molecular flexibility index (Phi) is 4.27. The first-order valence-corrected chi connectivity index (χ1v) is 6.03. The predicted molar refractivity (Wildman–Crippen MR) is 64.5 cm³/mol. The van der Waals surface area contributed by atoms with Crippen LogP contribution in [0.25, 0.3) is 17.0 Å². The van der Waals surface area contributed by atoms with Crippen LogP contribution in [0.3, 0.4) is 0 Å². The smallest absolute Gasteiger partial charge is 0.360 e. The van der Waals surface area contributed by atoms with Crippen molar-refractivity contribution >= 4 is 5.52 Å². The Labute approximate surface area is 137 Å². The zero-order valence-corrected chi connectivity index (χ0v) is 13.7. The lowest BCUT2D eigenvalue weighted by Gasteiger charge is -2.12. The van der Waals surface area contributed by atoms with E-state index in [0.717, 1.165) is 17.0 Å². The first-order chi connectivity index (χ1) is 8.84. The lowest BCUT2D eigenvalue weighted by molar-refractivity contribution is -0.840. The maximum atomic E-state index is 10.2. The highest BCUT2D eigenvalue weighted by Gasteiger charge is 2.37. The Morgan fingerprint density at radius 3 is 2.75 bits per heavy atom. The Hall–Kier alpha value is -1.24. The van der Waals surface area contributed by atoms with Gasteiger partial charge in [0.15, 0.2) is 18.3 Å². The quantitative estimate of drug-likeness (QED) is 0.377. The van der Waals surface area contributed by atoms with Gasteiger partial charge < -0.3 is 39.1 Å². The van der Waals surface area contributed by atoms with Gasteiger partial charge in [-0.2, -0.15) is 8.97 Å². The van der Waals surface area contributed by atoms with E-state index in [1.54, 1.807) is 0 Å². The van der Waals surface area contributed by atoms with Crippen LogP contribution < -0.4 is 43.1 Å². The van der Waals surface area contributed by atoms with E-state index in [1.807, 2.05) is 41.1 Å². The second-order valence-corrected chi connectivity index (χ2v) is 4.57. The second kappa shape index (κ2) is 5.63. The van der Waals surface area contributed by atoms with Crippen molar-refractivity contribution in [2.45, 2.75) is 12.8 Å². The van der Waals surface area contributed by atoms with Crippen molar-refractivity contribution < 1.29 is 48.2 Å². The fourth-order valence-electron chi connectivity index (χ4n) is 2.69. The molecule has 20 heavy (non-hydrogen) atoms. The molecule has 0 aliphatic carbocycles. The van der Waals surface area contributed by atoms with E-state index in [0.29, 0.717) is 6.54 Å². The Balaban J connectivity index is 0.000000735. The minimum absolute atomic E-state index is 0. The van der Waals surface area contributed by atoms with Gasteiger partial charge in [0.2, 0.25) is 0 Å². The molecule has 0 bridgehead atoms. The van der Waals surface area contributed by atoms with Crippen LogP contribution in [0.5, 0.6) is 0 Å². The molecule has 0 fully saturated rings. The number of fused-ring (bicyclic) bond motifs is 5. The van der Waals surface area contributed by atoms with Gasteiger partial charge in [0.1, 0.15) is 6.20 Å². The number of rotatable bonds is 0. The SMILES string of the molecule is OC1C[n+]2cc3ccccn3c2-c2cccc[n+]21.[Br-].[Br-]. The number of hydrogen-bond donors (Lipinski definition) is 1. The monoisotopic (exact) mass is 397 g/mol. The minimum Gasteiger partial charge on any atom is -1.00 e. The van der Waals surface area contributed by atoms with Crippen LogP contribution in [0, 0.1) is 0 Å². The third kappa shape index (κ3) is 2.08. The Morgan fingerprint density at radius 2 is 1.90 bits per heavy atom. The van der Waals surface area contributed by atoms with Gasteiger partial charge in [0, 0.05) is 12.1 Å². The summed E-state index contributed by atoms with van der Waals surface area (Å²) < 4.78 is 6.17.